The Kier molecular flexibility index (Phi) is 8.75. The monoisotopic (exact) mass is 431 g/mol. The first kappa shape index (κ1) is 24.2. The van der Waals surface area contributed by atoms with Crippen LogP contribution in [-0.4, -0.2) is 41.7 Å². The van der Waals surface area contributed by atoms with Crippen molar-refractivity contribution in [1.29, 1.82) is 0 Å². The maximum absolute atomic E-state index is 12.7. The Hall–Kier alpha value is -2.04. The van der Waals surface area contributed by atoms with Gasteiger partial charge in [-0.25, -0.2) is 0 Å². The Labute approximate surface area is 186 Å². The lowest BCUT2D eigenvalue weighted by Gasteiger charge is -2.43. The highest BCUT2D eigenvalue weighted by Crippen LogP contribution is 2.37. The SMILES string of the molecule is CCOC(=O)[C@@H](Cc1ccccc1)[C@@H](C)N1CCC(C)(c2cccc(O)c2)CC1.Cl. The predicted molar refractivity (Wildman–Crippen MR) is 123 cm³/mol. The summed E-state index contributed by atoms with van der Waals surface area (Å²) in [6.45, 7) is 8.56. The van der Waals surface area contributed by atoms with Crippen molar-refractivity contribution in [1.82, 2.24) is 4.90 Å². The molecule has 0 aromatic heterocycles. The molecule has 1 saturated heterocycles. The third-order valence-electron chi connectivity index (χ3n) is 6.49. The van der Waals surface area contributed by atoms with Gasteiger partial charge in [-0.05, 0) is 74.9 Å². The molecule has 0 aliphatic carbocycles. The molecule has 1 N–H and O–H groups in total. The van der Waals surface area contributed by atoms with E-state index in [2.05, 4.69) is 36.9 Å². The minimum Gasteiger partial charge on any atom is -0.508 e. The van der Waals surface area contributed by atoms with E-state index in [1.165, 1.54) is 11.1 Å². The molecule has 1 heterocycles. The summed E-state index contributed by atoms with van der Waals surface area (Å²) in [7, 11) is 0. The van der Waals surface area contributed by atoms with Gasteiger partial charge in [0, 0.05) is 6.04 Å². The Bertz CT molecular complexity index is 803. The molecule has 0 amide bonds. The number of phenolic OH excluding ortho intramolecular Hbond substituents is 1. The number of carbonyl (C=O) groups is 1. The van der Waals surface area contributed by atoms with Crippen LogP contribution in [0.3, 0.4) is 0 Å². The van der Waals surface area contributed by atoms with Gasteiger partial charge in [0.1, 0.15) is 5.75 Å². The number of piperidine rings is 1. The van der Waals surface area contributed by atoms with Crippen molar-refractivity contribution in [2.24, 2.45) is 5.92 Å². The normalized spacial score (nSPS) is 18.1. The van der Waals surface area contributed by atoms with Gasteiger partial charge in [0.2, 0.25) is 0 Å². The van der Waals surface area contributed by atoms with Crippen molar-refractivity contribution in [2.75, 3.05) is 19.7 Å². The van der Waals surface area contributed by atoms with E-state index < -0.39 is 0 Å². The van der Waals surface area contributed by atoms with E-state index >= 15 is 0 Å². The number of nitrogens with zero attached hydrogens (tertiary/aromatic N) is 1. The summed E-state index contributed by atoms with van der Waals surface area (Å²) >= 11 is 0. The second-order valence-corrected chi connectivity index (χ2v) is 8.44. The van der Waals surface area contributed by atoms with Gasteiger partial charge in [-0.1, -0.05) is 49.4 Å². The van der Waals surface area contributed by atoms with Crippen molar-refractivity contribution in [2.45, 2.75) is 51.5 Å². The van der Waals surface area contributed by atoms with Crippen LogP contribution in [0.4, 0.5) is 0 Å². The van der Waals surface area contributed by atoms with Crippen molar-refractivity contribution in [3.8, 4) is 5.75 Å². The van der Waals surface area contributed by atoms with Gasteiger partial charge in [0.15, 0.2) is 0 Å². The smallest absolute Gasteiger partial charge is 0.310 e. The molecule has 1 aliphatic heterocycles. The number of likely N-dealkylation sites (tertiary alicyclic amines) is 1. The zero-order valence-corrected chi connectivity index (χ0v) is 19.0. The fourth-order valence-corrected chi connectivity index (χ4v) is 4.42. The number of halogens is 1. The molecule has 1 fully saturated rings. The van der Waals surface area contributed by atoms with Gasteiger partial charge >= 0.3 is 5.97 Å². The summed E-state index contributed by atoms with van der Waals surface area (Å²) < 4.78 is 5.42. The van der Waals surface area contributed by atoms with Crippen LogP contribution in [0.5, 0.6) is 5.75 Å². The first-order valence-corrected chi connectivity index (χ1v) is 10.7. The summed E-state index contributed by atoms with van der Waals surface area (Å²) in [5.74, 6) is 0.0393. The molecule has 5 heteroatoms. The minimum absolute atomic E-state index is 0. The summed E-state index contributed by atoms with van der Waals surface area (Å²) in [5, 5.41) is 9.86. The third-order valence-corrected chi connectivity index (χ3v) is 6.49. The van der Waals surface area contributed by atoms with Gasteiger partial charge in [-0.2, -0.15) is 0 Å². The quantitative estimate of drug-likeness (QED) is 0.628. The molecule has 0 saturated carbocycles. The first-order valence-electron chi connectivity index (χ1n) is 10.7. The Morgan fingerprint density at radius 2 is 1.80 bits per heavy atom. The number of aromatic hydroxyl groups is 1. The number of ether oxygens (including phenoxy) is 1. The molecule has 4 nitrogen and oxygen atoms in total. The summed E-state index contributed by atoms with van der Waals surface area (Å²) in [6, 6.07) is 17.9. The van der Waals surface area contributed by atoms with Gasteiger partial charge in [-0.3, -0.25) is 9.69 Å². The zero-order valence-electron chi connectivity index (χ0n) is 18.2. The van der Waals surface area contributed by atoms with Crippen LogP contribution in [0.2, 0.25) is 0 Å². The van der Waals surface area contributed by atoms with Crippen molar-refractivity contribution in [3.63, 3.8) is 0 Å². The fourth-order valence-electron chi connectivity index (χ4n) is 4.42. The first-order chi connectivity index (χ1) is 13.9. The van der Waals surface area contributed by atoms with E-state index in [1.54, 1.807) is 6.07 Å². The lowest BCUT2D eigenvalue weighted by Crippen LogP contribution is -2.49. The average molecular weight is 432 g/mol. The van der Waals surface area contributed by atoms with E-state index in [0.29, 0.717) is 18.8 Å². The average Bonchev–Trinajstić information content (AvgIpc) is 2.73. The second kappa shape index (κ2) is 10.8. The molecule has 2 aromatic carbocycles. The zero-order chi connectivity index (χ0) is 20.9. The molecule has 0 bridgehead atoms. The third kappa shape index (κ3) is 5.77. The summed E-state index contributed by atoms with van der Waals surface area (Å²) in [5.41, 5.74) is 2.41. The van der Waals surface area contributed by atoms with Gasteiger partial charge in [0.05, 0.1) is 12.5 Å². The number of rotatable bonds is 7. The van der Waals surface area contributed by atoms with Crippen LogP contribution in [-0.2, 0) is 21.4 Å². The van der Waals surface area contributed by atoms with Crippen LogP contribution in [0, 0.1) is 5.92 Å². The standard InChI is InChI=1S/C25H33NO3.ClH/c1-4-29-24(28)23(17-20-9-6-5-7-10-20)19(2)26-15-13-25(3,14-16-26)21-11-8-12-22(27)18-21;/h5-12,18-19,23,27H,4,13-17H2,1-3H3;1H/t19-,23+;/m1./s1. The molecule has 3 rings (SSSR count). The molecule has 0 radical (unpaired) electrons. The second-order valence-electron chi connectivity index (χ2n) is 8.44. The highest BCUT2D eigenvalue weighted by Gasteiger charge is 2.37. The van der Waals surface area contributed by atoms with E-state index in [1.807, 2.05) is 37.3 Å². The summed E-state index contributed by atoms with van der Waals surface area (Å²) in [4.78, 5) is 15.2. The number of esters is 1. The molecule has 30 heavy (non-hydrogen) atoms. The molecule has 0 unspecified atom stereocenters. The van der Waals surface area contributed by atoms with E-state index in [-0.39, 0.29) is 35.8 Å². The van der Waals surface area contributed by atoms with Crippen molar-refractivity contribution >= 4 is 18.4 Å². The number of phenols is 1. The van der Waals surface area contributed by atoms with Crippen LogP contribution in [0.1, 0.15) is 44.7 Å². The Morgan fingerprint density at radius 1 is 1.13 bits per heavy atom. The Balaban J connectivity index is 0.00000320. The van der Waals surface area contributed by atoms with Crippen LogP contribution in [0.25, 0.3) is 0 Å². The topological polar surface area (TPSA) is 49.8 Å². The minimum atomic E-state index is -0.178. The number of benzene rings is 2. The van der Waals surface area contributed by atoms with E-state index in [0.717, 1.165) is 25.9 Å². The maximum atomic E-state index is 12.7. The highest BCUT2D eigenvalue weighted by molar-refractivity contribution is 5.85. The van der Waals surface area contributed by atoms with Crippen LogP contribution >= 0.6 is 12.4 Å². The largest absolute Gasteiger partial charge is 0.508 e. The van der Waals surface area contributed by atoms with Gasteiger partial charge in [-0.15, -0.1) is 12.4 Å². The molecule has 164 valence electrons. The maximum Gasteiger partial charge on any atom is 0.310 e. The van der Waals surface area contributed by atoms with Crippen molar-refractivity contribution in [3.05, 3.63) is 65.7 Å². The number of carbonyl (C=O) groups excluding carboxylic acids is 1. The predicted octanol–water partition coefficient (Wildman–Crippen LogP) is 4.98. The Morgan fingerprint density at radius 3 is 2.40 bits per heavy atom. The molecular formula is C25H34ClNO3. The summed E-state index contributed by atoms with van der Waals surface area (Å²) in [6.07, 6.45) is 2.70. The van der Waals surface area contributed by atoms with Crippen molar-refractivity contribution < 1.29 is 14.6 Å². The van der Waals surface area contributed by atoms with E-state index in [9.17, 15) is 9.90 Å². The molecule has 2 aromatic rings. The van der Waals surface area contributed by atoms with Gasteiger partial charge < -0.3 is 9.84 Å². The highest BCUT2D eigenvalue weighted by atomic mass is 35.5. The lowest BCUT2D eigenvalue weighted by atomic mass is 9.74. The molecule has 1 aliphatic rings. The number of hydrogen-bond acceptors (Lipinski definition) is 4. The molecular weight excluding hydrogens is 398 g/mol. The van der Waals surface area contributed by atoms with E-state index in [4.69, 9.17) is 4.74 Å². The molecule has 2 atom stereocenters. The fraction of sp³-hybridized carbons (Fsp3) is 0.480. The van der Waals surface area contributed by atoms with Crippen LogP contribution in [0.15, 0.2) is 54.6 Å². The lowest BCUT2D eigenvalue weighted by molar-refractivity contribution is -0.150. The number of hydrogen-bond donors (Lipinski definition) is 1. The molecule has 0 spiro atoms. The van der Waals surface area contributed by atoms with Gasteiger partial charge in [0.25, 0.3) is 0 Å². The van der Waals surface area contributed by atoms with Crippen LogP contribution < -0.4 is 0 Å².